The summed E-state index contributed by atoms with van der Waals surface area (Å²) in [5, 5.41) is 4.27. The van der Waals surface area contributed by atoms with Gasteiger partial charge in [0.15, 0.2) is 5.13 Å². The van der Waals surface area contributed by atoms with Gasteiger partial charge in [0.1, 0.15) is 5.82 Å². The van der Waals surface area contributed by atoms with Crippen molar-refractivity contribution >= 4 is 26.7 Å². The van der Waals surface area contributed by atoms with Crippen molar-refractivity contribution in [2.45, 2.75) is 19.4 Å². The van der Waals surface area contributed by atoms with E-state index in [1.165, 1.54) is 17.7 Å². The molecule has 0 spiro atoms. The van der Waals surface area contributed by atoms with Gasteiger partial charge in [-0.15, -0.1) is 0 Å². The van der Waals surface area contributed by atoms with Crippen LogP contribution in [0.4, 0.5) is 9.52 Å². The molecular weight excluding hydrogens is 271 g/mol. The minimum absolute atomic E-state index is 0.224. The normalized spacial score (nSPS) is 12.5. The fourth-order valence-corrected chi connectivity index (χ4v) is 3.12. The number of benzene rings is 2. The molecule has 1 N–H and O–H groups in total. The maximum atomic E-state index is 13.2. The van der Waals surface area contributed by atoms with Crippen molar-refractivity contribution in [2.24, 2.45) is 0 Å². The van der Waals surface area contributed by atoms with E-state index < -0.39 is 0 Å². The Hall–Kier alpha value is -1.94. The van der Waals surface area contributed by atoms with Gasteiger partial charge in [-0.3, -0.25) is 0 Å². The minimum atomic E-state index is -0.246. The van der Waals surface area contributed by atoms with Crippen molar-refractivity contribution in [2.75, 3.05) is 5.32 Å². The average Bonchev–Trinajstić information content (AvgIpc) is 2.87. The second kappa shape index (κ2) is 5.59. The second-order valence-corrected chi connectivity index (χ2v) is 5.68. The van der Waals surface area contributed by atoms with E-state index in [1.807, 2.05) is 18.2 Å². The summed E-state index contributed by atoms with van der Waals surface area (Å²) in [6.07, 6.45) is 0.967. The lowest BCUT2D eigenvalue weighted by atomic mass is 10.1. The molecule has 0 aliphatic rings. The largest absolute Gasteiger partial charge is 0.355 e. The zero-order valence-electron chi connectivity index (χ0n) is 11.1. The number of rotatable bonds is 4. The molecule has 1 unspecified atom stereocenters. The van der Waals surface area contributed by atoms with Crippen LogP contribution in [0.2, 0.25) is 0 Å². The standard InChI is InChI=1S/C16H15FN2S/c1-2-13(11-6-4-3-5-7-11)18-16-19-14-10-12(17)8-9-15(14)20-16/h3-10,13H,2H2,1H3,(H,18,19). The molecule has 1 aromatic heterocycles. The Labute approximate surface area is 121 Å². The average molecular weight is 286 g/mol. The van der Waals surface area contributed by atoms with Crippen molar-refractivity contribution in [3.63, 3.8) is 0 Å². The summed E-state index contributed by atoms with van der Waals surface area (Å²) in [7, 11) is 0. The first-order chi connectivity index (χ1) is 9.76. The minimum Gasteiger partial charge on any atom is -0.355 e. The third-order valence-electron chi connectivity index (χ3n) is 3.26. The smallest absolute Gasteiger partial charge is 0.184 e. The summed E-state index contributed by atoms with van der Waals surface area (Å²) in [5.41, 5.74) is 1.95. The first-order valence-corrected chi connectivity index (χ1v) is 7.45. The molecule has 1 atom stereocenters. The number of anilines is 1. The summed E-state index contributed by atoms with van der Waals surface area (Å²) < 4.78 is 14.2. The molecule has 102 valence electrons. The zero-order chi connectivity index (χ0) is 13.9. The molecular formula is C16H15FN2S. The predicted molar refractivity (Wildman–Crippen MR) is 82.7 cm³/mol. The van der Waals surface area contributed by atoms with Gasteiger partial charge in [-0.25, -0.2) is 9.37 Å². The molecule has 0 amide bonds. The Kier molecular flexibility index (Phi) is 3.65. The fourth-order valence-electron chi connectivity index (χ4n) is 2.22. The Morgan fingerprint density at radius 3 is 2.75 bits per heavy atom. The molecule has 0 radical (unpaired) electrons. The molecule has 2 aromatic carbocycles. The monoisotopic (exact) mass is 286 g/mol. The Balaban J connectivity index is 1.87. The molecule has 1 heterocycles. The number of nitrogens with one attached hydrogen (secondary N) is 1. The molecule has 0 bridgehead atoms. The molecule has 0 aliphatic heterocycles. The number of hydrogen-bond acceptors (Lipinski definition) is 3. The highest BCUT2D eigenvalue weighted by atomic mass is 32.1. The molecule has 3 aromatic rings. The number of aromatic nitrogens is 1. The lowest BCUT2D eigenvalue weighted by Gasteiger charge is -2.16. The molecule has 0 fully saturated rings. The van der Waals surface area contributed by atoms with Crippen molar-refractivity contribution in [3.05, 3.63) is 59.9 Å². The number of nitrogens with zero attached hydrogens (tertiary/aromatic N) is 1. The van der Waals surface area contributed by atoms with E-state index >= 15 is 0 Å². The number of halogens is 1. The van der Waals surface area contributed by atoms with Gasteiger partial charge < -0.3 is 5.32 Å². The maximum Gasteiger partial charge on any atom is 0.184 e. The summed E-state index contributed by atoms with van der Waals surface area (Å²) in [4.78, 5) is 4.45. The molecule has 2 nitrogen and oxygen atoms in total. The van der Waals surface area contributed by atoms with Crippen LogP contribution < -0.4 is 5.32 Å². The van der Waals surface area contributed by atoms with Crippen molar-refractivity contribution in [3.8, 4) is 0 Å². The van der Waals surface area contributed by atoms with Crippen LogP contribution >= 0.6 is 11.3 Å². The lowest BCUT2D eigenvalue weighted by Crippen LogP contribution is -2.09. The van der Waals surface area contributed by atoms with E-state index in [2.05, 4.69) is 29.4 Å². The van der Waals surface area contributed by atoms with Crippen molar-refractivity contribution in [1.82, 2.24) is 4.98 Å². The van der Waals surface area contributed by atoms with Crippen LogP contribution in [-0.2, 0) is 0 Å². The van der Waals surface area contributed by atoms with Gasteiger partial charge in [0.2, 0.25) is 0 Å². The van der Waals surface area contributed by atoms with Gasteiger partial charge >= 0.3 is 0 Å². The molecule has 20 heavy (non-hydrogen) atoms. The first-order valence-electron chi connectivity index (χ1n) is 6.64. The SMILES string of the molecule is CCC(Nc1nc2cc(F)ccc2s1)c1ccccc1. The van der Waals surface area contributed by atoms with Gasteiger partial charge in [-0.1, -0.05) is 48.6 Å². The second-order valence-electron chi connectivity index (χ2n) is 4.65. The summed E-state index contributed by atoms with van der Waals surface area (Å²) in [6.45, 7) is 2.14. The third kappa shape index (κ3) is 2.65. The van der Waals surface area contributed by atoms with Crippen LogP contribution in [0, 0.1) is 5.82 Å². The van der Waals surface area contributed by atoms with Gasteiger partial charge in [-0.05, 0) is 24.1 Å². The highest BCUT2D eigenvalue weighted by Crippen LogP contribution is 2.30. The van der Waals surface area contributed by atoms with E-state index in [4.69, 9.17) is 0 Å². The molecule has 4 heteroatoms. The van der Waals surface area contributed by atoms with Crippen LogP contribution in [0.3, 0.4) is 0 Å². The van der Waals surface area contributed by atoms with Gasteiger partial charge in [0, 0.05) is 6.07 Å². The predicted octanol–water partition coefficient (Wildman–Crippen LogP) is 5.00. The first kappa shape index (κ1) is 13.1. The Bertz CT molecular complexity index is 709. The Morgan fingerprint density at radius 1 is 1.20 bits per heavy atom. The maximum absolute atomic E-state index is 13.2. The van der Waals surface area contributed by atoms with E-state index in [1.54, 1.807) is 17.4 Å². The van der Waals surface area contributed by atoms with E-state index in [0.29, 0.717) is 5.52 Å². The summed E-state index contributed by atoms with van der Waals surface area (Å²) >= 11 is 1.56. The van der Waals surface area contributed by atoms with Crippen LogP contribution in [0.15, 0.2) is 48.5 Å². The van der Waals surface area contributed by atoms with E-state index in [-0.39, 0.29) is 11.9 Å². The Morgan fingerprint density at radius 2 is 2.00 bits per heavy atom. The molecule has 0 saturated heterocycles. The highest BCUT2D eigenvalue weighted by molar-refractivity contribution is 7.22. The quantitative estimate of drug-likeness (QED) is 0.730. The number of thiazole rings is 1. The van der Waals surface area contributed by atoms with Crippen LogP contribution in [0.25, 0.3) is 10.2 Å². The lowest BCUT2D eigenvalue weighted by molar-refractivity contribution is 0.629. The third-order valence-corrected chi connectivity index (χ3v) is 4.23. The highest BCUT2D eigenvalue weighted by Gasteiger charge is 2.11. The van der Waals surface area contributed by atoms with E-state index in [9.17, 15) is 4.39 Å². The van der Waals surface area contributed by atoms with Crippen molar-refractivity contribution in [1.29, 1.82) is 0 Å². The van der Waals surface area contributed by atoms with Gasteiger partial charge in [0.05, 0.1) is 16.3 Å². The topological polar surface area (TPSA) is 24.9 Å². The number of hydrogen-bond donors (Lipinski definition) is 1. The van der Waals surface area contributed by atoms with Gasteiger partial charge in [0.25, 0.3) is 0 Å². The zero-order valence-corrected chi connectivity index (χ0v) is 12.0. The van der Waals surface area contributed by atoms with Crippen LogP contribution in [0.5, 0.6) is 0 Å². The molecule has 3 rings (SSSR count). The fraction of sp³-hybridized carbons (Fsp3) is 0.188. The summed E-state index contributed by atoms with van der Waals surface area (Å²) in [6, 6.07) is 15.2. The van der Waals surface area contributed by atoms with E-state index in [0.717, 1.165) is 16.3 Å². The van der Waals surface area contributed by atoms with Gasteiger partial charge in [-0.2, -0.15) is 0 Å². The molecule has 0 aliphatic carbocycles. The van der Waals surface area contributed by atoms with Crippen molar-refractivity contribution < 1.29 is 4.39 Å². The van der Waals surface area contributed by atoms with Crippen LogP contribution in [0.1, 0.15) is 24.9 Å². The van der Waals surface area contributed by atoms with Crippen LogP contribution in [-0.4, -0.2) is 4.98 Å². The number of fused-ring (bicyclic) bond motifs is 1. The molecule has 0 saturated carbocycles. The summed E-state index contributed by atoms with van der Waals surface area (Å²) in [5.74, 6) is -0.246.